The van der Waals surface area contributed by atoms with E-state index in [1.807, 2.05) is 37.3 Å². The van der Waals surface area contributed by atoms with Crippen LogP contribution >= 0.6 is 0 Å². The highest BCUT2D eigenvalue weighted by Gasteiger charge is 2.25. The number of methoxy groups -OCH3 is 1. The van der Waals surface area contributed by atoms with Crippen LogP contribution in [-0.4, -0.2) is 77.6 Å². The Labute approximate surface area is 237 Å². The number of likely N-dealkylation sites (N-methyl/N-ethyl adjacent to an activating group) is 2. The van der Waals surface area contributed by atoms with Crippen molar-refractivity contribution in [1.29, 1.82) is 0 Å². The maximum atomic E-state index is 13.2. The van der Waals surface area contributed by atoms with Crippen LogP contribution in [0.15, 0.2) is 65.6 Å². The van der Waals surface area contributed by atoms with Crippen LogP contribution in [0.4, 0.5) is 5.69 Å². The predicted molar refractivity (Wildman–Crippen MR) is 159 cm³/mol. The van der Waals surface area contributed by atoms with Crippen molar-refractivity contribution in [3.05, 3.63) is 77.4 Å². The van der Waals surface area contributed by atoms with Gasteiger partial charge in [-0.25, -0.2) is 8.42 Å². The van der Waals surface area contributed by atoms with E-state index in [-0.39, 0.29) is 16.8 Å². The summed E-state index contributed by atoms with van der Waals surface area (Å²) in [7, 11) is 2.00. The first-order valence-electron chi connectivity index (χ1n) is 13.7. The normalized spacial score (nSPS) is 20.0. The molecule has 3 aromatic rings. The van der Waals surface area contributed by atoms with E-state index in [9.17, 15) is 13.2 Å². The maximum absolute atomic E-state index is 13.2. The number of sulfonamides is 1. The van der Waals surface area contributed by atoms with Gasteiger partial charge in [-0.05, 0) is 106 Å². The molecule has 2 unspecified atom stereocenters. The number of benzene rings is 3. The largest absolute Gasteiger partial charge is 0.496 e. The van der Waals surface area contributed by atoms with Crippen molar-refractivity contribution in [2.24, 2.45) is 0 Å². The number of nitrogens with one attached hydrogen (secondary N) is 2. The molecule has 0 spiro atoms. The van der Waals surface area contributed by atoms with Gasteiger partial charge < -0.3 is 19.9 Å². The van der Waals surface area contributed by atoms with Gasteiger partial charge in [0.15, 0.2) is 0 Å². The van der Waals surface area contributed by atoms with E-state index in [4.69, 9.17) is 4.74 Å². The van der Waals surface area contributed by atoms with E-state index in [0.29, 0.717) is 17.2 Å². The van der Waals surface area contributed by atoms with E-state index in [0.717, 1.165) is 67.0 Å². The first-order chi connectivity index (χ1) is 19.1. The van der Waals surface area contributed by atoms with E-state index in [1.165, 1.54) is 0 Å². The van der Waals surface area contributed by atoms with Gasteiger partial charge in [-0.2, -0.15) is 0 Å². The topological polar surface area (TPSA) is 91.0 Å². The number of ether oxygens (including phenoxy) is 1. The highest BCUT2D eigenvalue weighted by molar-refractivity contribution is 7.92. The van der Waals surface area contributed by atoms with Crippen LogP contribution in [0, 0.1) is 6.92 Å². The first-order valence-corrected chi connectivity index (χ1v) is 15.2. The molecule has 2 heterocycles. The van der Waals surface area contributed by atoms with Gasteiger partial charge in [0.1, 0.15) is 5.75 Å². The van der Waals surface area contributed by atoms with Crippen molar-refractivity contribution in [1.82, 2.24) is 15.1 Å². The van der Waals surface area contributed by atoms with Crippen molar-refractivity contribution in [2.45, 2.75) is 36.6 Å². The Bertz CT molecular complexity index is 1490. The third-order valence-corrected chi connectivity index (χ3v) is 9.40. The maximum Gasteiger partial charge on any atom is 0.261 e. The Kier molecular flexibility index (Phi) is 8.16. The lowest BCUT2D eigenvalue weighted by Crippen LogP contribution is -2.36. The summed E-state index contributed by atoms with van der Waals surface area (Å²) in [6.07, 6.45) is 1.97. The molecular formula is C31H38N4O4S. The monoisotopic (exact) mass is 562 g/mol. The van der Waals surface area contributed by atoms with E-state index in [1.54, 1.807) is 37.4 Å². The second-order valence-corrected chi connectivity index (χ2v) is 12.8. The Balaban J connectivity index is 1.29. The molecule has 2 fully saturated rings. The van der Waals surface area contributed by atoms with Gasteiger partial charge in [-0.15, -0.1) is 0 Å². The third kappa shape index (κ3) is 6.16. The molecule has 2 aliphatic heterocycles. The molecule has 5 rings (SSSR count). The SMILES string of the molecule is COc1ccc(NS(=O)(=O)c2ccc(-c3ccc(C(=O)NC4CCN(C)C4)cc3C)cc2)cc1C1CCN(C)C1. The Morgan fingerprint density at radius 1 is 0.925 bits per heavy atom. The zero-order valence-electron chi connectivity index (χ0n) is 23.6. The second kappa shape index (κ2) is 11.6. The van der Waals surface area contributed by atoms with Crippen LogP contribution in [0.5, 0.6) is 5.75 Å². The molecule has 212 valence electrons. The molecule has 40 heavy (non-hydrogen) atoms. The van der Waals surface area contributed by atoms with Gasteiger partial charge in [0.2, 0.25) is 0 Å². The number of anilines is 1. The molecule has 0 radical (unpaired) electrons. The molecule has 2 atom stereocenters. The van der Waals surface area contributed by atoms with Gasteiger partial charge in [0, 0.05) is 41.9 Å². The van der Waals surface area contributed by atoms with Crippen molar-refractivity contribution in [3.63, 3.8) is 0 Å². The fourth-order valence-corrected chi connectivity index (χ4v) is 6.83. The number of hydrogen-bond acceptors (Lipinski definition) is 6. The number of aryl methyl sites for hydroxylation is 1. The van der Waals surface area contributed by atoms with Gasteiger partial charge in [-0.3, -0.25) is 9.52 Å². The molecule has 0 aromatic heterocycles. The molecule has 2 N–H and O–H groups in total. The van der Waals surface area contributed by atoms with Crippen molar-refractivity contribution >= 4 is 21.6 Å². The van der Waals surface area contributed by atoms with Crippen molar-refractivity contribution < 1.29 is 17.9 Å². The molecule has 8 nitrogen and oxygen atoms in total. The number of carbonyl (C=O) groups is 1. The molecule has 0 aliphatic carbocycles. The smallest absolute Gasteiger partial charge is 0.261 e. The lowest BCUT2D eigenvalue weighted by molar-refractivity contribution is 0.0938. The summed E-state index contributed by atoms with van der Waals surface area (Å²) in [6, 6.07) is 18.1. The number of likely N-dealkylation sites (tertiary alicyclic amines) is 2. The standard InChI is InChI=1S/C31H38N4O4S/c1-21-17-23(31(36)32-26-14-16-35(3)20-26)7-11-28(21)22-5-9-27(10-6-22)40(37,38)33-25-8-12-30(39-4)29(18-25)24-13-15-34(2)19-24/h5-12,17-18,24,26,33H,13-16,19-20H2,1-4H3,(H,32,36). The lowest BCUT2D eigenvalue weighted by Gasteiger charge is -2.17. The summed E-state index contributed by atoms with van der Waals surface area (Å²) >= 11 is 0. The third-order valence-electron chi connectivity index (χ3n) is 8.00. The van der Waals surface area contributed by atoms with Crippen LogP contribution < -0.4 is 14.8 Å². The van der Waals surface area contributed by atoms with Crippen LogP contribution in [0.25, 0.3) is 11.1 Å². The Hall–Kier alpha value is -3.40. The van der Waals surface area contributed by atoms with Gasteiger partial charge in [0.25, 0.3) is 15.9 Å². The number of rotatable bonds is 8. The van der Waals surface area contributed by atoms with Crippen LogP contribution in [0.2, 0.25) is 0 Å². The number of nitrogens with zero attached hydrogens (tertiary/aromatic N) is 2. The van der Waals surface area contributed by atoms with Gasteiger partial charge >= 0.3 is 0 Å². The summed E-state index contributed by atoms with van der Waals surface area (Å²) in [5.41, 5.74) is 4.96. The molecule has 1 amide bonds. The summed E-state index contributed by atoms with van der Waals surface area (Å²) < 4.78 is 34.8. The molecule has 2 saturated heterocycles. The zero-order valence-corrected chi connectivity index (χ0v) is 24.4. The highest BCUT2D eigenvalue weighted by Crippen LogP contribution is 2.35. The molecular weight excluding hydrogens is 524 g/mol. The Morgan fingerprint density at radius 3 is 2.27 bits per heavy atom. The first kappa shape index (κ1) is 28.1. The van der Waals surface area contributed by atoms with Crippen LogP contribution in [0.3, 0.4) is 0 Å². The summed E-state index contributed by atoms with van der Waals surface area (Å²) in [6.45, 7) is 5.74. The van der Waals surface area contributed by atoms with Crippen LogP contribution in [-0.2, 0) is 10.0 Å². The average Bonchev–Trinajstić information content (AvgIpc) is 3.55. The lowest BCUT2D eigenvalue weighted by atomic mass is 9.97. The summed E-state index contributed by atoms with van der Waals surface area (Å²) in [5, 5.41) is 3.12. The fourth-order valence-electron chi connectivity index (χ4n) is 5.78. The summed E-state index contributed by atoms with van der Waals surface area (Å²) in [4.78, 5) is 17.4. The number of hydrogen-bond donors (Lipinski definition) is 2. The van der Waals surface area contributed by atoms with Crippen molar-refractivity contribution in [3.8, 4) is 16.9 Å². The minimum atomic E-state index is -3.78. The summed E-state index contributed by atoms with van der Waals surface area (Å²) in [5.74, 6) is 1.01. The minimum absolute atomic E-state index is 0.0656. The Morgan fingerprint density at radius 2 is 1.65 bits per heavy atom. The number of amides is 1. The van der Waals surface area contributed by atoms with Crippen molar-refractivity contribution in [2.75, 3.05) is 52.1 Å². The quantitative estimate of drug-likeness (QED) is 0.425. The predicted octanol–water partition coefficient (Wildman–Crippen LogP) is 4.32. The molecule has 0 saturated carbocycles. The van der Waals surface area contributed by atoms with Gasteiger partial charge in [0.05, 0.1) is 12.0 Å². The molecule has 9 heteroatoms. The zero-order chi connectivity index (χ0) is 28.4. The second-order valence-electron chi connectivity index (χ2n) is 11.1. The molecule has 0 bridgehead atoms. The highest BCUT2D eigenvalue weighted by atomic mass is 32.2. The fraction of sp³-hybridized carbons (Fsp3) is 0.387. The van der Waals surface area contributed by atoms with Gasteiger partial charge in [-0.1, -0.05) is 18.2 Å². The van der Waals surface area contributed by atoms with E-state index in [2.05, 4.69) is 33.9 Å². The minimum Gasteiger partial charge on any atom is -0.496 e. The number of carbonyl (C=O) groups excluding carboxylic acids is 1. The van der Waals surface area contributed by atoms with Crippen LogP contribution in [0.1, 0.15) is 40.2 Å². The average molecular weight is 563 g/mol. The van der Waals surface area contributed by atoms with E-state index < -0.39 is 10.0 Å². The molecule has 2 aliphatic rings. The van der Waals surface area contributed by atoms with E-state index >= 15 is 0 Å². The molecule has 3 aromatic carbocycles.